The average molecular weight is 461 g/mol. The molecule has 2 rings (SSSR count). The molecule has 0 aromatic heterocycles. The first kappa shape index (κ1) is 23.3. The molecule has 0 aliphatic carbocycles. The Labute approximate surface area is 180 Å². The van der Waals surface area contributed by atoms with E-state index in [1.165, 1.54) is 41.7 Å². The van der Waals surface area contributed by atoms with Crippen LogP contribution in [0.2, 0.25) is 10.0 Å². The van der Waals surface area contributed by atoms with Crippen molar-refractivity contribution < 1.29 is 22.7 Å². The molecule has 0 aliphatic rings. The Morgan fingerprint density at radius 2 is 1.69 bits per heavy atom. The van der Waals surface area contributed by atoms with E-state index in [1.807, 2.05) is 0 Å². The minimum Gasteiger partial charge on any atom is -0.495 e. The Balaban J connectivity index is 2.19. The van der Waals surface area contributed by atoms with Crippen LogP contribution in [0.3, 0.4) is 0 Å². The van der Waals surface area contributed by atoms with Gasteiger partial charge in [-0.05, 0) is 36.4 Å². The standard InChI is InChI=1S/C19H22Cl2N2O5S/c1-4-23(5-2)29(25,26)16-6-7-18(27-3)17(11-16)22-19(24)12-28-15-9-13(20)8-14(21)10-15/h6-11H,4-5,12H2,1-3H3,(H,22,24). The van der Waals surface area contributed by atoms with Gasteiger partial charge in [-0.25, -0.2) is 8.42 Å². The van der Waals surface area contributed by atoms with E-state index in [9.17, 15) is 13.2 Å². The molecular weight excluding hydrogens is 439 g/mol. The van der Waals surface area contributed by atoms with Crippen molar-refractivity contribution in [2.45, 2.75) is 18.7 Å². The number of halogens is 2. The summed E-state index contributed by atoms with van der Waals surface area (Å²) < 4.78 is 37.4. The van der Waals surface area contributed by atoms with E-state index >= 15 is 0 Å². The van der Waals surface area contributed by atoms with Crippen LogP contribution in [0.5, 0.6) is 11.5 Å². The quantitative estimate of drug-likeness (QED) is 0.609. The van der Waals surface area contributed by atoms with Crippen LogP contribution in [0.4, 0.5) is 5.69 Å². The van der Waals surface area contributed by atoms with E-state index < -0.39 is 15.9 Å². The highest BCUT2D eigenvalue weighted by Crippen LogP contribution is 2.29. The fourth-order valence-corrected chi connectivity index (χ4v) is 4.60. The molecule has 0 atom stereocenters. The highest BCUT2D eigenvalue weighted by Gasteiger charge is 2.23. The monoisotopic (exact) mass is 460 g/mol. The second-order valence-corrected chi connectivity index (χ2v) is 8.70. The molecule has 1 amide bonds. The number of rotatable bonds is 9. The molecule has 0 saturated heterocycles. The Morgan fingerprint density at radius 1 is 1.07 bits per heavy atom. The lowest BCUT2D eigenvalue weighted by Crippen LogP contribution is -2.30. The zero-order valence-electron chi connectivity index (χ0n) is 16.2. The van der Waals surface area contributed by atoms with Gasteiger partial charge in [0.2, 0.25) is 10.0 Å². The van der Waals surface area contributed by atoms with Gasteiger partial charge in [0.25, 0.3) is 5.91 Å². The predicted molar refractivity (Wildman–Crippen MR) is 114 cm³/mol. The van der Waals surface area contributed by atoms with Crippen molar-refractivity contribution in [3.05, 3.63) is 46.4 Å². The Kier molecular flexibility index (Phi) is 8.15. The van der Waals surface area contributed by atoms with Crippen LogP contribution in [-0.4, -0.2) is 45.4 Å². The smallest absolute Gasteiger partial charge is 0.262 e. The summed E-state index contributed by atoms with van der Waals surface area (Å²) in [6.07, 6.45) is 0. The topological polar surface area (TPSA) is 84.9 Å². The molecule has 29 heavy (non-hydrogen) atoms. The summed E-state index contributed by atoms with van der Waals surface area (Å²) in [4.78, 5) is 12.4. The number of carbonyl (C=O) groups is 1. The van der Waals surface area contributed by atoms with Crippen LogP contribution >= 0.6 is 23.2 Å². The zero-order valence-corrected chi connectivity index (χ0v) is 18.6. The fraction of sp³-hybridized carbons (Fsp3) is 0.316. The summed E-state index contributed by atoms with van der Waals surface area (Å²) in [7, 11) is -2.26. The molecule has 2 aromatic carbocycles. The molecule has 7 nitrogen and oxygen atoms in total. The van der Waals surface area contributed by atoms with Gasteiger partial charge in [-0.15, -0.1) is 0 Å². The number of methoxy groups -OCH3 is 1. The molecule has 0 spiro atoms. The van der Waals surface area contributed by atoms with Crippen LogP contribution < -0.4 is 14.8 Å². The minimum absolute atomic E-state index is 0.0554. The summed E-state index contributed by atoms with van der Waals surface area (Å²) in [5.41, 5.74) is 0.221. The van der Waals surface area contributed by atoms with Gasteiger partial charge in [0, 0.05) is 23.1 Å². The van der Waals surface area contributed by atoms with Crippen LogP contribution in [0.25, 0.3) is 0 Å². The minimum atomic E-state index is -3.68. The number of hydrogen-bond acceptors (Lipinski definition) is 5. The van der Waals surface area contributed by atoms with E-state index in [1.54, 1.807) is 19.9 Å². The number of hydrogen-bond donors (Lipinski definition) is 1. The zero-order chi connectivity index (χ0) is 21.6. The molecule has 0 saturated carbocycles. The van der Waals surface area contributed by atoms with Gasteiger partial charge in [0.1, 0.15) is 11.5 Å². The van der Waals surface area contributed by atoms with Gasteiger partial charge in [-0.2, -0.15) is 4.31 Å². The number of benzene rings is 2. The summed E-state index contributed by atoms with van der Waals surface area (Å²) in [5, 5.41) is 3.37. The van der Waals surface area contributed by atoms with Crippen molar-refractivity contribution in [1.29, 1.82) is 0 Å². The molecule has 0 fully saturated rings. The number of anilines is 1. The number of nitrogens with one attached hydrogen (secondary N) is 1. The SMILES string of the molecule is CCN(CC)S(=O)(=O)c1ccc(OC)c(NC(=O)COc2cc(Cl)cc(Cl)c2)c1. The van der Waals surface area contributed by atoms with Crippen molar-refractivity contribution in [2.24, 2.45) is 0 Å². The number of carbonyl (C=O) groups excluding carboxylic acids is 1. The number of nitrogens with zero attached hydrogens (tertiary/aromatic N) is 1. The maximum Gasteiger partial charge on any atom is 0.262 e. The first-order valence-electron chi connectivity index (χ1n) is 8.78. The first-order valence-corrected chi connectivity index (χ1v) is 11.0. The van der Waals surface area contributed by atoms with Crippen LogP contribution in [-0.2, 0) is 14.8 Å². The highest BCUT2D eigenvalue weighted by molar-refractivity contribution is 7.89. The largest absolute Gasteiger partial charge is 0.495 e. The molecule has 0 unspecified atom stereocenters. The summed E-state index contributed by atoms with van der Waals surface area (Å²) in [5.74, 6) is 0.155. The predicted octanol–water partition coefficient (Wildman–Crippen LogP) is 4.05. The number of sulfonamides is 1. The molecule has 0 aliphatic heterocycles. The molecule has 10 heteroatoms. The molecule has 2 aromatic rings. The van der Waals surface area contributed by atoms with E-state index in [-0.39, 0.29) is 17.2 Å². The van der Waals surface area contributed by atoms with Crippen molar-refractivity contribution in [3.8, 4) is 11.5 Å². The molecule has 1 N–H and O–H groups in total. The summed E-state index contributed by atoms with van der Waals surface area (Å²) in [6.45, 7) is 3.86. The third kappa shape index (κ3) is 5.99. The normalized spacial score (nSPS) is 11.4. The molecule has 0 radical (unpaired) electrons. The van der Waals surface area contributed by atoms with Crippen LogP contribution in [0.15, 0.2) is 41.3 Å². The Bertz CT molecular complexity index is 958. The Morgan fingerprint density at radius 3 is 2.24 bits per heavy atom. The highest BCUT2D eigenvalue weighted by atomic mass is 35.5. The molecule has 158 valence electrons. The van der Waals surface area contributed by atoms with E-state index in [2.05, 4.69) is 5.32 Å². The Hall–Kier alpha value is -2.00. The summed E-state index contributed by atoms with van der Waals surface area (Å²) in [6, 6.07) is 8.89. The van der Waals surface area contributed by atoms with Crippen LogP contribution in [0.1, 0.15) is 13.8 Å². The maximum absolute atomic E-state index is 12.7. The third-order valence-corrected chi connectivity index (χ3v) is 6.48. The van der Waals surface area contributed by atoms with Crippen molar-refractivity contribution in [3.63, 3.8) is 0 Å². The maximum atomic E-state index is 12.7. The molecular formula is C19H22Cl2N2O5S. The third-order valence-electron chi connectivity index (χ3n) is 3.99. The van der Waals surface area contributed by atoms with Gasteiger partial charge in [0.15, 0.2) is 6.61 Å². The number of ether oxygens (including phenoxy) is 2. The van der Waals surface area contributed by atoms with Crippen molar-refractivity contribution in [2.75, 3.05) is 32.1 Å². The lowest BCUT2D eigenvalue weighted by molar-refractivity contribution is -0.118. The van der Waals surface area contributed by atoms with Gasteiger partial charge in [-0.3, -0.25) is 4.79 Å². The lowest BCUT2D eigenvalue weighted by atomic mass is 10.3. The first-order chi connectivity index (χ1) is 13.7. The lowest BCUT2D eigenvalue weighted by Gasteiger charge is -2.19. The van der Waals surface area contributed by atoms with Crippen molar-refractivity contribution >= 4 is 44.8 Å². The van der Waals surface area contributed by atoms with Crippen molar-refractivity contribution in [1.82, 2.24) is 4.31 Å². The van der Waals surface area contributed by atoms with Gasteiger partial charge in [0.05, 0.1) is 17.7 Å². The molecule has 0 bridgehead atoms. The van der Waals surface area contributed by atoms with E-state index in [0.29, 0.717) is 34.6 Å². The summed E-state index contributed by atoms with van der Waals surface area (Å²) >= 11 is 11.8. The molecule has 0 heterocycles. The second-order valence-electron chi connectivity index (χ2n) is 5.89. The van der Waals surface area contributed by atoms with E-state index in [4.69, 9.17) is 32.7 Å². The second kappa shape index (κ2) is 10.2. The van der Waals surface area contributed by atoms with Crippen LogP contribution in [0, 0.1) is 0 Å². The van der Waals surface area contributed by atoms with E-state index in [0.717, 1.165) is 0 Å². The fourth-order valence-electron chi connectivity index (χ4n) is 2.60. The number of amides is 1. The average Bonchev–Trinajstić information content (AvgIpc) is 2.66. The van der Waals surface area contributed by atoms with Gasteiger partial charge in [-0.1, -0.05) is 37.0 Å². The van der Waals surface area contributed by atoms with Gasteiger partial charge < -0.3 is 14.8 Å². The van der Waals surface area contributed by atoms with Gasteiger partial charge >= 0.3 is 0 Å².